The number of phenols is 1. The molecule has 0 saturated carbocycles. The number of phenolic OH excluding ortho intramolecular Hbond substituents is 1. The van der Waals surface area contributed by atoms with E-state index in [1.807, 2.05) is 6.07 Å². The molecule has 5 heteroatoms. The summed E-state index contributed by atoms with van der Waals surface area (Å²) in [5.74, 6) is 0.152. The number of para-hydroxylation sites is 1. The average Bonchev–Trinajstić information content (AvgIpc) is 2.71. The SMILES string of the molecule is CCCCCCCC(O)CNc1cccc(O)c1NCC(O)CCCCCCC. The van der Waals surface area contributed by atoms with Gasteiger partial charge in [0, 0.05) is 13.1 Å². The van der Waals surface area contributed by atoms with Crippen LogP contribution in [0.2, 0.25) is 0 Å². The summed E-state index contributed by atoms with van der Waals surface area (Å²) in [6.07, 6.45) is 12.5. The molecule has 0 radical (unpaired) electrons. The Hall–Kier alpha value is -1.46. The van der Waals surface area contributed by atoms with Gasteiger partial charge in [0.1, 0.15) is 11.4 Å². The second kappa shape index (κ2) is 16.3. The first-order valence-corrected chi connectivity index (χ1v) is 11.7. The van der Waals surface area contributed by atoms with Crippen LogP contribution >= 0.6 is 0 Å². The number of aliphatic hydroxyl groups is 2. The second-order valence-electron chi connectivity index (χ2n) is 8.17. The average molecular weight is 409 g/mol. The monoisotopic (exact) mass is 408 g/mol. The predicted octanol–water partition coefficient (Wildman–Crippen LogP) is 5.66. The molecule has 0 fully saturated rings. The van der Waals surface area contributed by atoms with Gasteiger partial charge in [-0.3, -0.25) is 0 Å². The number of hydrogen-bond donors (Lipinski definition) is 5. The van der Waals surface area contributed by atoms with E-state index in [4.69, 9.17) is 0 Å². The van der Waals surface area contributed by atoms with Gasteiger partial charge in [0.05, 0.1) is 17.9 Å². The summed E-state index contributed by atoms with van der Waals surface area (Å²) in [4.78, 5) is 0. The molecule has 5 nitrogen and oxygen atoms in total. The Labute approximate surface area is 177 Å². The summed E-state index contributed by atoms with van der Waals surface area (Å²) < 4.78 is 0. The Morgan fingerprint density at radius 3 is 1.79 bits per heavy atom. The number of hydrogen-bond acceptors (Lipinski definition) is 5. The van der Waals surface area contributed by atoms with Gasteiger partial charge in [0.2, 0.25) is 0 Å². The normalized spacial score (nSPS) is 13.2. The van der Waals surface area contributed by atoms with E-state index >= 15 is 0 Å². The van der Waals surface area contributed by atoms with Crippen molar-refractivity contribution in [3.8, 4) is 5.75 Å². The van der Waals surface area contributed by atoms with E-state index in [0.29, 0.717) is 18.8 Å². The van der Waals surface area contributed by atoms with Gasteiger partial charge in [-0.2, -0.15) is 0 Å². The highest BCUT2D eigenvalue weighted by Gasteiger charge is 2.12. The highest BCUT2D eigenvalue weighted by molar-refractivity contribution is 5.75. The molecule has 0 heterocycles. The Morgan fingerprint density at radius 2 is 1.24 bits per heavy atom. The quantitative estimate of drug-likeness (QED) is 0.160. The molecule has 0 aliphatic rings. The fraction of sp³-hybridized carbons (Fsp3) is 0.750. The smallest absolute Gasteiger partial charge is 0.140 e. The Balaban J connectivity index is 2.38. The number of aliphatic hydroxyl groups excluding tert-OH is 2. The number of benzene rings is 1. The van der Waals surface area contributed by atoms with Crippen molar-refractivity contribution in [2.24, 2.45) is 0 Å². The van der Waals surface area contributed by atoms with Crippen LogP contribution in [0.5, 0.6) is 5.75 Å². The van der Waals surface area contributed by atoms with Crippen LogP contribution in [-0.2, 0) is 0 Å². The molecule has 0 bridgehead atoms. The van der Waals surface area contributed by atoms with Crippen LogP contribution in [-0.4, -0.2) is 40.6 Å². The first-order valence-electron chi connectivity index (χ1n) is 11.7. The minimum absolute atomic E-state index is 0.152. The van der Waals surface area contributed by atoms with Gasteiger partial charge in [0.15, 0.2) is 0 Å². The number of rotatable bonds is 18. The lowest BCUT2D eigenvalue weighted by Crippen LogP contribution is -2.22. The van der Waals surface area contributed by atoms with Crippen molar-refractivity contribution in [1.29, 1.82) is 0 Å². The third-order valence-corrected chi connectivity index (χ3v) is 5.37. The van der Waals surface area contributed by atoms with E-state index in [1.165, 1.54) is 44.9 Å². The van der Waals surface area contributed by atoms with Crippen LogP contribution in [0.1, 0.15) is 90.9 Å². The van der Waals surface area contributed by atoms with E-state index in [-0.39, 0.29) is 5.75 Å². The first kappa shape index (κ1) is 25.6. The zero-order chi connectivity index (χ0) is 21.3. The van der Waals surface area contributed by atoms with Crippen LogP contribution in [0.25, 0.3) is 0 Å². The molecule has 0 spiro atoms. The molecule has 2 unspecified atom stereocenters. The van der Waals surface area contributed by atoms with Crippen molar-refractivity contribution in [3.63, 3.8) is 0 Å². The van der Waals surface area contributed by atoms with Gasteiger partial charge in [0.25, 0.3) is 0 Å². The van der Waals surface area contributed by atoms with Crippen molar-refractivity contribution in [2.75, 3.05) is 23.7 Å². The fourth-order valence-electron chi connectivity index (χ4n) is 3.49. The Bertz CT molecular complexity index is 525. The van der Waals surface area contributed by atoms with Gasteiger partial charge in [-0.15, -0.1) is 0 Å². The van der Waals surface area contributed by atoms with Gasteiger partial charge in [-0.25, -0.2) is 0 Å². The van der Waals surface area contributed by atoms with Crippen LogP contribution < -0.4 is 10.6 Å². The third-order valence-electron chi connectivity index (χ3n) is 5.37. The molecule has 0 aromatic heterocycles. The minimum Gasteiger partial charge on any atom is -0.506 e. The largest absolute Gasteiger partial charge is 0.506 e. The predicted molar refractivity (Wildman–Crippen MR) is 124 cm³/mol. The highest BCUT2D eigenvalue weighted by atomic mass is 16.3. The second-order valence-corrected chi connectivity index (χ2v) is 8.17. The highest BCUT2D eigenvalue weighted by Crippen LogP contribution is 2.31. The molecular formula is C24H44N2O3. The Morgan fingerprint density at radius 1 is 0.724 bits per heavy atom. The maximum atomic E-state index is 10.2. The van der Waals surface area contributed by atoms with Gasteiger partial charge in [-0.1, -0.05) is 84.1 Å². The lowest BCUT2D eigenvalue weighted by Gasteiger charge is -2.19. The lowest BCUT2D eigenvalue weighted by molar-refractivity contribution is 0.172. The maximum Gasteiger partial charge on any atom is 0.140 e. The standard InChI is InChI=1S/C24H44N2O3/c1-3-5-7-9-11-14-20(27)18-25-22-16-13-17-23(29)24(22)26-19-21(28)15-12-10-8-6-4-2/h13,16-17,20-21,25-29H,3-12,14-15,18-19H2,1-2H3. The molecule has 0 amide bonds. The van der Waals surface area contributed by atoms with Crippen molar-refractivity contribution >= 4 is 11.4 Å². The first-order chi connectivity index (χ1) is 14.1. The molecule has 29 heavy (non-hydrogen) atoms. The zero-order valence-electron chi connectivity index (χ0n) is 18.6. The van der Waals surface area contributed by atoms with Crippen molar-refractivity contribution in [1.82, 2.24) is 0 Å². The zero-order valence-corrected chi connectivity index (χ0v) is 18.6. The van der Waals surface area contributed by atoms with E-state index in [0.717, 1.165) is 37.8 Å². The molecule has 0 aliphatic carbocycles. The molecule has 1 aromatic carbocycles. The summed E-state index contributed by atoms with van der Waals surface area (Å²) in [7, 11) is 0. The van der Waals surface area contributed by atoms with Crippen LogP contribution in [0, 0.1) is 0 Å². The van der Waals surface area contributed by atoms with E-state index in [1.54, 1.807) is 12.1 Å². The number of aromatic hydroxyl groups is 1. The fourth-order valence-corrected chi connectivity index (χ4v) is 3.49. The molecular weight excluding hydrogens is 364 g/mol. The minimum atomic E-state index is -0.433. The molecule has 1 rings (SSSR count). The number of anilines is 2. The summed E-state index contributed by atoms with van der Waals surface area (Å²) in [6, 6.07) is 5.30. The third kappa shape index (κ3) is 12.0. The molecule has 2 atom stereocenters. The van der Waals surface area contributed by atoms with E-state index in [9.17, 15) is 15.3 Å². The Kier molecular flexibility index (Phi) is 14.4. The summed E-state index contributed by atoms with van der Waals surface area (Å²) in [5, 5.41) is 37.1. The van der Waals surface area contributed by atoms with Crippen LogP contribution in [0.15, 0.2) is 18.2 Å². The van der Waals surface area contributed by atoms with Crippen molar-refractivity contribution in [3.05, 3.63) is 18.2 Å². The summed E-state index contributed by atoms with van der Waals surface area (Å²) >= 11 is 0. The lowest BCUT2D eigenvalue weighted by atomic mass is 10.1. The van der Waals surface area contributed by atoms with Crippen LogP contribution in [0.4, 0.5) is 11.4 Å². The van der Waals surface area contributed by atoms with Gasteiger partial charge in [-0.05, 0) is 25.0 Å². The van der Waals surface area contributed by atoms with Gasteiger partial charge < -0.3 is 26.0 Å². The van der Waals surface area contributed by atoms with Crippen molar-refractivity contribution < 1.29 is 15.3 Å². The van der Waals surface area contributed by atoms with Gasteiger partial charge >= 0.3 is 0 Å². The van der Waals surface area contributed by atoms with E-state index < -0.39 is 12.2 Å². The molecule has 0 aliphatic heterocycles. The summed E-state index contributed by atoms with van der Waals surface area (Å²) in [6.45, 7) is 5.25. The van der Waals surface area contributed by atoms with Crippen LogP contribution in [0.3, 0.4) is 0 Å². The maximum absolute atomic E-state index is 10.2. The molecule has 5 N–H and O–H groups in total. The summed E-state index contributed by atoms with van der Waals surface area (Å²) in [5.41, 5.74) is 1.35. The molecule has 1 aromatic rings. The number of unbranched alkanes of at least 4 members (excludes halogenated alkanes) is 8. The van der Waals surface area contributed by atoms with Crippen molar-refractivity contribution in [2.45, 2.75) is 103 Å². The van der Waals surface area contributed by atoms with E-state index in [2.05, 4.69) is 24.5 Å². The molecule has 168 valence electrons. The topological polar surface area (TPSA) is 84.8 Å². The molecule has 0 saturated heterocycles. The number of nitrogens with one attached hydrogen (secondary N) is 2.